The lowest BCUT2D eigenvalue weighted by Gasteiger charge is -2.29. The minimum Gasteiger partial charge on any atom is -0.354 e. The van der Waals surface area contributed by atoms with E-state index in [0.29, 0.717) is 0 Å². The maximum absolute atomic E-state index is 4.18. The van der Waals surface area contributed by atoms with Gasteiger partial charge in [0.15, 0.2) is 0 Å². The van der Waals surface area contributed by atoms with Crippen LogP contribution in [0.3, 0.4) is 0 Å². The first kappa shape index (κ1) is 40.0. The molecule has 0 fully saturated rings. The summed E-state index contributed by atoms with van der Waals surface area (Å²) < 4.78 is 0. The van der Waals surface area contributed by atoms with Crippen LogP contribution in [0.4, 0.5) is 17.1 Å². The van der Waals surface area contributed by atoms with Crippen molar-refractivity contribution in [3.63, 3.8) is 0 Å². The third kappa shape index (κ3) is 7.08. The quantitative estimate of drug-likeness (QED) is 0.129. The van der Waals surface area contributed by atoms with Crippen molar-refractivity contribution in [2.75, 3.05) is 4.90 Å². The predicted octanol–water partition coefficient (Wildman–Crippen LogP) is 17.2. The number of nitrogens with one attached hydrogen (secondary N) is 1. The number of aromatic nitrogens is 1. The van der Waals surface area contributed by atoms with E-state index in [4.69, 9.17) is 0 Å². The lowest BCUT2D eigenvalue weighted by molar-refractivity contribution is 0.662. The van der Waals surface area contributed by atoms with Crippen LogP contribution in [0.5, 0.6) is 0 Å². The van der Waals surface area contributed by atoms with E-state index in [1.807, 2.05) is 13.0 Å². The van der Waals surface area contributed by atoms with Gasteiger partial charge in [0.25, 0.3) is 0 Å². The van der Waals surface area contributed by atoms with E-state index >= 15 is 0 Å². The van der Waals surface area contributed by atoms with Gasteiger partial charge in [-0.2, -0.15) is 0 Å². The van der Waals surface area contributed by atoms with Crippen LogP contribution in [0.25, 0.3) is 73.1 Å². The van der Waals surface area contributed by atoms with E-state index < -0.39 is 0 Å². The molecular weight excluding hydrogens is 749 g/mol. The summed E-state index contributed by atoms with van der Waals surface area (Å²) in [6, 6.07) is 57.9. The molecule has 1 N–H and O–H groups in total. The molecule has 0 unspecified atom stereocenters. The van der Waals surface area contributed by atoms with Crippen molar-refractivity contribution in [2.24, 2.45) is 0 Å². The molecule has 0 aliphatic heterocycles. The molecule has 0 bridgehead atoms. The number of nitrogens with zero attached hydrogens (tertiary/aromatic N) is 1. The molecule has 0 amide bonds. The Labute approximate surface area is 367 Å². The molecular formula is C60H52N2. The van der Waals surface area contributed by atoms with E-state index in [9.17, 15) is 0 Å². The number of anilines is 3. The van der Waals surface area contributed by atoms with Crippen LogP contribution >= 0.6 is 0 Å². The van der Waals surface area contributed by atoms with Crippen molar-refractivity contribution in [2.45, 2.75) is 40.0 Å². The molecule has 0 atom stereocenters. The van der Waals surface area contributed by atoms with E-state index in [-0.39, 0.29) is 5.41 Å². The number of hydrogen-bond donors (Lipinski definition) is 1. The lowest BCUT2D eigenvalue weighted by atomic mass is 9.78. The molecule has 2 heteroatoms. The number of allylic oxidation sites excluding steroid dienone is 7. The number of rotatable bonds is 11. The normalized spacial score (nSPS) is 13.3. The van der Waals surface area contributed by atoms with Crippen LogP contribution in [0.1, 0.15) is 62.6 Å². The van der Waals surface area contributed by atoms with Crippen LogP contribution in [-0.2, 0) is 5.41 Å². The maximum atomic E-state index is 4.18. The van der Waals surface area contributed by atoms with Gasteiger partial charge in [-0.3, -0.25) is 0 Å². The highest BCUT2D eigenvalue weighted by molar-refractivity contribution is 6.04. The van der Waals surface area contributed by atoms with E-state index in [0.717, 1.165) is 50.3 Å². The number of hydrogen-bond acceptors (Lipinski definition) is 1. The predicted molar refractivity (Wildman–Crippen MR) is 269 cm³/mol. The van der Waals surface area contributed by atoms with Gasteiger partial charge >= 0.3 is 0 Å². The summed E-state index contributed by atoms with van der Waals surface area (Å²) in [5.74, 6) is 0. The van der Waals surface area contributed by atoms with Gasteiger partial charge < -0.3 is 9.88 Å². The third-order valence-electron chi connectivity index (χ3n) is 12.4. The molecule has 62 heavy (non-hydrogen) atoms. The Morgan fingerprint density at radius 2 is 1.23 bits per heavy atom. The van der Waals surface area contributed by atoms with Crippen molar-refractivity contribution in [3.8, 4) is 44.5 Å². The summed E-state index contributed by atoms with van der Waals surface area (Å²) in [4.78, 5) is 6.15. The number of benzene rings is 7. The van der Waals surface area contributed by atoms with Crippen LogP contribution in [0.15, 0.2) is 201 Å². The minimum atomic E-state index is -0.194. The topological polar surface area (TPSA) is 19.0 Å². The van der Waals surface area contributed by atoms with Crippen molar-refractivity contribution < 1.29 is 0 Å². The molecule has 0 saturated carbocycles. The molecule has 0 spiro atoms. The van der Waals surface area contributed by atoms with Gasteiger partial charge in [-0.1, -0.05) is 184 Å². The van der Waals surface area contributed by atoms with Gasteiger partial charge in [0.2, 0.25) is 0 Å². The average Bonchev–Trinajstić information content (AvgIpc) is 3.79. The fraction of sp³-hybridized carbons (Fsp3) is 0.100. The molecule has 0 radical (unpaired) electrons. The maximum Gasteiger partial charge on any atom is 0.0545 e. The standard InChI is InChI=1S/C60H52N2/c1-7-11-21-41(19-8-2)45-34-39-50-52-26-17-25-49(58(52)60(5,6)55(50)40-45)44-32-37-47(38-33-44)62(46-35-30-43(31-36-46)42-22-13-12-14-23-42)57-29-16-15-24-51(57)54-28-18-27-53-48(10-4)56(20-9-3)61-59(53)54/h7-40,61H,4H2,1-3,5-6H3/b11-7-,19-8-,20-9-,41-21+. The van der Waals surface area contributed by atoms with Gasteiger partial charge in [-0.15, -0.1) is 0 Å². The highest BCUT2D eigenvalue weighted by Gasteiger charge is 2.38. The summed E-state index contributed by atoms with van der Waals surface area (Å²) in [6.45, 7) is 15.1. The monoisotopic (exact) mass is 800 g/mol. The van der Waals surface area contributed by atoms with Crippen molar-refractivity contribution in [1.82, 2.24) is 4.98 Å². The van der Waals surface area contributed by atoms with Gasteiger partial charge in [0.05, 0.1) is 11.2 Å². The van der Waals surface area contributed by atoms with Crippen LogP contribution in [0, 0.1) is 0 Å². The minimum absolute atomic E-state index is 0.194. The Bertz CT molecular complexity index is 3060. The first-order valence-electron chi connectivity index (χ1n) is 21.7. The lowest BCUT2D eigenvalue weighted by Crippen LogP contribution is -2.16. The highest BCUT2D eigenvalue weighted by Crippen LogP contribution is 2.53. The summed E-state index contributed by atoms with van der Waals surface area (Å²) in [7, 11) is 0. The Balaban J connectivity index is 1.16. The third-order valence-corrected chi connectivity index (χ3v) is 12.4. The first-order valence-corrected chi connectivity index (χ1v) is 21.7. The molecule has 7 aromatic carbocycles. The van der Waals surface area contributed by atoms with Crippen molar-refractivity contribution in [1.29, 1.82) is 0 Å². The summed E-state index contributed by atoms with van der Waals surface area (Å²) in [5, 5.41) is 1.16. The number of fused-ring (bicyclic) bond motifs is 4. The second-order valence-corrected chi connectivity index (χ2v) is 16.5. The fourth-order valence-corrected chi connectivity index (χ4v) is 9.48. The fourth-order valence-electron chi connectivity index (χ4n) is 9.48. The molecule has 1 aromatic heterocycles. The summed E-state index contributed by atoms with van der Waals surface area (Å²) >= 11 is 0. The zero-order chi connectivity index (χ0) is 42.8. The van der Waals surface area contributed by atoms with Crippen molar-refractivity contribution >= 4 is 45.7 Å². The molecule has 8 aromatic rings. The molecule has 9 rings (SSSR count). The Morgan fingerprint density at radius 3 is 1.94 bits per heavy atom. The molecule has 1 aliphatic carbocycles. The van der Waals surface area contributed by atoms with E-state index in [1.165, 1.54) is 55.6 Å². The number of aromatic amines is 1. The molecule has 0 saturated heterocycles. The summed E-state index contributed by atoms with van der Waals surface area (Å²) in [5.41, 5.74) is 21.3. The first-order chi connectivity index (χ1) is 30.4. The largest absolute Gasteiger partial charge is 0.354 e. The zero-order valence-electron chi connectivity index (χ0n) is 36.3. The van der Waals surface area contributed by atoms with Gasteiger partial charge in [0.1, 0.15) is 0 Å². The van der Waals surface area contributed by atoms with Gasteiger partial charge in [-0.25, -0.2) is 0 Å². The second-order valence-electron chi connectivity index (χ2n) is 16.5. The average molecular weight is 801 g/mol. The highest BCUT2D eigenvalue weighted by atomic mass is 15.1. The molecule has 2 nitrogen and oxygen atoms in total. The van der Waals surface area contributed by atoms with Crippen LogP contribution in [-0.4, -0.2) is 4.98 Å². The Hall–Kier alpha value is -7.42. The number of H-pyrrole nitrogens is 1. The van der Waals surface area contributed by atoms with Crippen LogP contribution < -0.4 is 4.90 Å². The molecule has 1 heterocycles. The Morgan fingerprint density at radius 1 is 0.581 bits per heavy atom. The SMILES string of the molecule is C=Cc1c(/C=C\C)[nH]c2c(-c3ccccc3N(c3ccc(-c4ccccc4)cc3)c3ccc(-c4cccc5c4C(C)(C)c4cc(C(/C=C\C)=C/C=C\C)ccc4-5)cc3)cccc12. The van der Waals surface area contributed by atoms with E-state index in [1.54, 1.807) is 0 Å². The molecule has 1 aliphatic rings. The smallest absolute Gasteiger partial charge is 0.0545 e. The Kier molecular flexibility index (Phi) is 10.9. The van der Waals surface area contributed by atoms with E-state index in [2.05, 4.69) is 244 Å². The van der Waals surface area contributed by atoms with Crippen LogP contribution in [0.2, 0.25) is 0 Å². The zero-order valence-corrected chi connectivity index (χ0v) is 36.3. The summed E-state index contributed by atoms with van der Waals surface area (Å²) in [6.07, 6.45) is 16.9. The van der Waals surface area contributed by atoms with Gasteiger partial charge in [-0.05, 0) is 119 Å². The number of para-hydroxylation sites is 2. The second kappa shape index (κ2) is 16.9. The molecule has 302 valence electrons. The van der Waals surface area contributed by atoms with Crippen molar-refractivity contribution in [3.05, 3.63) is 229 Å². The van der Waals surface area contributed by atoms with Gasteiger partial charge in [0, 0.05) is 44.6 Å².